The molecule has 2 saturated heterocycles. The van der Waals surface area contributed by atoms with Crippen molar-refractivity contribution in [1.29, 1.82) is 0 Å². The summed E-state index contributed by atoms with van der Waals surface area (Å²) in [6, 6.07) is 18.2. The normalized spacial score (nSPS) is 26.3. The molecule has 3 aromatic carbocycles. The predicted molar refractivity (Wildman–Crippen MR) is 121 cm³/mol. The zero-order valence-electron chi connectivity index (χ0n) is 18.3. The van der Waals surface area contributed by atoms with E-state index in [1.165, 1.54) is 0 Å². The number of hydrogen-bond donors (Lipinski definition) is 1. The molecule has 31 heavy (non-hydrogen) atoms. The molecule has 2 fully saturated rings. The molecule has 0 aromatic heterocycles. The summed E-state index contributed by atoms with van der Waals surface area (Å²) >= 11 is 0. The van der Waals surface area contributed by atoms with Crippen LogP contribution >= 0.6 is 0 Å². The number of piperidine rings is 1. The summed E-state index contributed by atoms with van der Waals surface area (Å²) in [6.07, 6.45) is 0.511. The van der Waals surface area contributed by atoms with E-state index in [1.54, 1.807) is 4.90 Å². The van der Waals surface area contributed by atoms with Crippen LogP contribution in [0.15, 0.2) is 54.6 Å². The van der Waals surface area contributed by atoms with Crippen molar-refractivity contribution >= 4 is 27.6 Å². The highest BCUT2D eigenvalue weighted by Crippen LogP contribution is 2.46. The van der Waals surface area contributed by atoms with Gasteiger partial charge in [-0.2, -0.15) is 0 Å². The Morgan fingerprint density at radius 3 is 2.03 bits per heavy atom. The van der Waals surface area contributed by atoms with Crippen LogP contribution in [0.4, 0.5) is 4.79 Å². The highest BCUT2D eigenvalue weighted by atomic mass is 16.6. The first kappa shape index (κ1) is 20.3. The van der Waals surface area contributed by atoms with Crippen LogP contribution in [-0.4, -0.2) is 47.0 Å². The third-order valence-electron chi connectivity index (χ3n) is 6.39. The van der Waals surface area contributed by atoms with Crippen molar-refractivity contribution < 1.29 is 19.4 Å². The van der Waals surface area contributed by atoms with Crippen LogP contribution in [0.25, 0.3) is 21.5 Å². The number of carbonyl (C=O) groups excluding carboxylic acids is 1. The molecule has 2 atom stereocenters. The molecule has 5 rings (SSSR count). The molecule has 0 aliphatic carbocycles. The SMILES string of the molecule is CC(C)(C)OC(=O)N1C2COCC1CC(O)(c1c3ccccc3cc3ccccc13)C2. The van der Waals surface area contributed by atoms with Crippen molar-refractivity contribution in [3.8, 4) is 0 Å². The Hall–Kier alpha value is -2.63. The van der Waals surface area contributed by atoms with Gasteiger partial charge in [-0.1, -0.05) is 48.5 Å². The van der Waals surface area contributed by atoms with Gasteiger partial charge in [-0.15, -0.1) is 0 Å². The van der Waals surface area contributed by atoms with E-state index in [2.05, 4.69) is 30.3 Å². The van der Waals surface area contributed by atoms with Crippen LogP contribution in [0, 0.1) is 0 Å². The molecule has 2 unspecified atom stereocenters. The molecule has 2 aliphatic rings. The Balaban J connectivity index is 1.61. The van der Waals surface area contributed by atoms with Gasteiger partial charge in [0.2, 0.25) is 0 Å². The summed E-state index contributed by atoms with van der Waals surface area (Å²) in [5, 5.41) is 16.5. The Labute approximate surface area is 182 Å². The molecule has 0 saturated carbocycles. The second-order valence-electron chi connectivity index (χ2n) is 9.87. The van der Waals surface area contributed by atoms with Crippen LogP contribution in [0.2, 0.25) is 0 Å². The number of hydrogen-bond acceptors (Lipinski definition) is 4. The number of fused-ring (bicyclic) bond motifs is 4. The fraction of sp³-hybridized carbons (Fsp3) is 0.423. The van der Waals surface area contributed by atoms with Crippen molar-refractivity contribution in [3.05, 3.63) is 60.2 Å². The van der Waals surface area contributed by atoms with Crippen LogP contribution in [0.5, 0.6) is 0 Å². The van der Waals surface area contributed by atoms with E-state index in [-0.39, 0.29) is 18.2 Å². The molecule has 5 nitrogen and oxygen atoms in total. The van der Waals surface area contributed by atoms with Gasteiger partial charge in [0.05, 0.1) is 30.9 Å². The van der Waals surface area contributed by atoms with E-state index in [9.17, 15) is 9.90 Å². The van der Waals surface area contributed by atoms with Crippen LogP contribution in [0.1, 0.15) is 39.2 Å². The number of amides is 1. The summed E-state index contributed by atoms with van der Waals surface area (Å²) in [5.41, 5.74) is -0.661. The molecule has 162 valence electrons. The van der Waals surface area contributed by atoms with E-state index >= 15 is 0 Å². The van der Waals surface area contributed by atoms with Gasteiger partial charge >= 0.3 is 6.09 Å². The second-order valence-corrected chi connectivity index (χ2v) is 9.87. The summed E-state index contributed by atoms with van der Waals surface area (Å²) in [7, 11) is 0. The summed E-state index contributed by atoms with van der Waals surface area (Å²) in [5.74, 6) is 0. The van der Waals surface area contributed by atoms with E-state index in [1.807, 2.05) is 45.0 Å². The highest BCUT2D eigenvalue weighted by molar-refractivity contribution is 6.03. The largest absolute Gasteiger partial charge is 0.444 e. The smallest absolute Gasteiger partial charge is 0.410 e. The van der Waals surface area contributed by atoms with E-state index < -0.39 is 11.2 Å². The van der Waals surface area contributed by atoms with Crippen molar-refractivity contribution in [2.24, 2.45) is 0 Å². The maximum absolute atomic E-state index is 13.0. The maximum Gasteiger partial charge on any atom is 0.410 e. The number of carbonyl (C=O) groups is 1. The lowest BCUT2D eigenvalue weighted by molar-refractivity contribution is -0.140. The topological polar surface area (TPSA) is 59.0 Å². The third kappa shape index (κ3) is 3.56. The number of benzene rings is 3. The van der Waals surface area contributed by atoms with Gasteiger partial charge in [0, 0.05) is 12.8 Å². The highest BCUT2D eigenvalue weighted by Gasteiger charge is 2.50. The van der Waals surface area contributed by atoms with Gasteiger partial charge in [0.25, 0.3) is 0 Å². The first-order chi connectivity index (χ1) is 14.8. The minimum atomic E-state index is -1.06. The van der Waals surface area contributed by atoms with Crippen LogP contribution in [0.3, 0.4) is 0 Å². The van der Waals surface area contributed by atoms with Crippen LogP contribution < -0.4 is 0 Å². The number of ether oxygens (including phenoxy) is 2. The van der Waals surface area contributed by atoms with Gasteiger partial charge in [-0.05, 0) is 53.9 Å². The summed E-state index contributed by atoms with van der Waals surface area (Å²) < 4.78 is 11.5. The van der Waals surface area contributed by atoms with E-state index in [0.29, 0.717) is 26.1 Å². The van der Waals surface area contributed by atoms with E-state index in [0.717, 1.165) is 27.1 Å². The van der Waals surface area contributed by atoms with Crippen molar-refractivity contribution in [3.63, 3.8) is 0 Å². The Morgan fingerprint density at radius 2 is 1.52 bits per heavy atom. The summed E-state index contributed by atoms with van der Waals surface area (Å²) in [4.78, 5) is 14.8. The molecule has 0 radical (unpaired) electrons. The molecule has 2 bridgehead atoms. The minimum Gasteiger partial charge on any atom is -0.444 e. The second kappa shape index (κ2) is 7.21. The lowest BCUT2D eigenvalue weighted by Gasteiger charge is -2.51. The van der Waals surface area contributed by atoms with Gasteiger partial charge in [-0.3, -0.25) is 4.90 Å². The minimum absolute atomic E-state index is 0.231. The third-order valence-corrected chi connectivity index (χ3v) is 6.39. The lowest BCUT2D eigenvalue weighted by Crippen LogP contribution is -2.63. The predicted octanol–water partition coefficient (Wildman–Crippen LogP) is 4.98. The van der Waals surface area contributed by atoms with Gasteiger partial charge in [0.15, 0.2) is 0 Å². The maximum atomic E-state index is 13.0. The molecule has 1 N–H and O–H groups in total. The standard InChI is InChI=1S/C26H29NO4/c1-25(2,3)31-24(28)27-19-13-26(29,14-20(27)16-30-15-19)23-21-10-6-4-8-17(21)12-18-9-5-7-11-22(18)23/h4-12,19-20,29H,13-16H2,1-3H3. The quantitative estimate of drug-likeness (QED) is 0.565. The number of morpholine rings is 1. The molecule has 3 aromatic rings. The lowest BCUT2D eigenvalue weighted by atomic mass is 9.74. The van der Waals surface area contributed by atoms with Gasteiger partial charge < -0.3 is 14.6 Å². The number of aliphatic hydroxyl groups is 1. The molecule has 1 amide bonds. The Morgan fingerprint density at radius 1 is 1.00 bits per heavy atom. The molecular weight excluding hydrogens is 390 g/mol. The molecule has 2 aliphatic heterocycles. The first-order valence-corrected chi connectivity index (χ1v) is 11.0. The van der Waals surface area contributed by atoms with Crippen molar-refractivity contribution in [2.45, 2.75) is 56.9 Å². The average molecular weight is 420 g/mol. The van der Waals surface area contributed by atoms with Crippen molar-refractivity contribution in [2.75, 3.05) is 13.2 Å². The fourth-order valence-electron chi connectivity index (χ4n) is 5.31. The fourth-order valence-corrected chi connectivity index (χ4v) is 5.31. The summed E-state index contributed by atoms with van der Waals surface area (Å²) in [6.45, 7) is 6.43. The Kier molecular flexibility index (Phi) is 4.72. The number of nitrogens with zero attached hydrogens (tertiary/aromatic N) is 1. The van der Waals surface area contributed by atoms with Crippen LogP contribution in [-0.2, 0) is 15.1 Å². The number of rotatable bonds is 1. The monoisotopic (exact) mass is 419 g/mol. The van der Waals surface area contributed by atoms with Crippen molar-refractivity contribution in [1.82, 2.24) is 4.90 Å². The molecule has 2 heterocycles. The zero-order chi connectivity index (χ0) is 21.8. The Bertz CT molecular complexity index is 1080. The molecule has 0 spiro atoms. The van der Waals surface area contributed by atoms with Gasteiger partial charge in [-0.25, -0.2) is 4.79 Å². The van der Waals surface area contributed by atoms with E-state index in [4.69, 9.17) is 9.47 Å². The first-order valence-electron chi connectivity index (χ1n) is 11.0. The molecular formula is C26H29NO4. The average Bonchev–Trinajstić information content (AvgIpc) is 2.69. The van der Waals surface area contributed by atoms with Gasteiger partial charge in [0.1, 0.15) is 5.60 Å². The zero-order valence-corrected chi connectivity index (χ0v) is 18.3. The molecule has 5 heteroatoms.